The highest BCUT2D eigenvalue weighted by Crippen LogP contribution is 2.27. The predicted molar refractivity (Wildman–Crippen MR) is 71.8 cm³/mol. The van der Waals surface area contributed by atoms with Gasteiger partial charge in [-0.2, -0.15) is 0 Å². The minimum absolute atomic E-state index is 0.0921. The van der Waals surface area contributed by atoms with Crippen molar-refractivity contribution in [1.82, 2.24) is 0 Å². The van der Waals surface area contributed by atoms with E-state index in [1.165, 1.54) is 5.56 Å². The second-order valence-electron chi connectivity index (χ2n) is 4.09. The quantitative estimate of drug-likeness (QED) is 0.882. The molecule has 0 bridgehead atoms. The van der Waals surface area contributed by atoms with Crippen molar-refractivity contribution in [1.29, 1.82) is 0 Å². The van der Waals surface area contributed by atoms with E-state index in [0.29, 0.717) is 6.42 Å². The van der Waals surface area contributed by atoms with Crippen LogP contribution in [0.3, 0.4) is 0 Å². The van der Waals surface area contributed by atoms with Crippen LogP contribution in [0.2, 0.25) is 0 Å². The first-order valence-electron chi connectivity index (χ1n) is 5.61. The Balaban J connectivity index is 2.77. The minimum atomic E-state index is 0.0921. The van der Waals surface area contributed by atoms with Gasteiger partial charge in [0.15, 0.2) is 0 Å². The van der Waals surface area contributed by atoms with Gasteiger partial charge in [0, 0.05) is 10.9 Å². The third-order valence-corrected chi connectivity index (χ3v) is 3.08. The molecule has 0 radical (unpaired) electrons. The zero-order valence-corrected chi connectivity index (χ0v) is 11.6. The summed E-state index contributed by atoms with van der Waals surface area (Å²) in [6.45, 7) is 6.13. The molecule has 0 aromatic heterocycles. The van der Waals surface area contributed by atoms with Gasteiger partial charge in [-0.25, -0.2) is 0 Å². The third kappa shape index (κ3) is 3.63. The fraction of sp³-hybridized carbons (Fsp3) is 0.462. The first-order valence-corrected chi connectivity index (χ1v) is 6.40. The number of unbranched alkanes of at least 4 members (excludes halogenated alkanes) is 1. The molecule has 1 aromatic carbocycles. The fourth-order valence-electron chi connectivity index (χ4n) is 1.61. The van der Waals surface area contributed by atoms with Crippen LogP contribution in [-0.2, 0) is 4.79 Å². The van der Waals surface area contributed by atoms with E-state index >= 15 is 0 Å². The van der Waals surface area contributed by atoms with Crippen LogP contribution in [0.15, 0.2) is 16.6 Å². The first kappa shape index (κ1) is 13.2. The molecule has 0 atom stereocenters. The summed E-state index contributed by atoms with van der Waals surface area (Å²) >= 11 is 3.48. The summed E-state index contributed by atoms with van der Waals surface area (Å²) in [5.74, 6) is 0.0921. The molecule has 0 unspecified atom stereocenters. The normalized spacial score (nSPS) is 10.2. The molecule has 1 N–H and O–H groups in total. The van der Waals surface area contributed by atoms with Crippen molar-refractivity contribution in [2.45, 2.75) is 40.0 Å². The average molecular weight is 284 g/mol. The summed E-state index contributed by atoms with van der Waals surface area (Å²) in [7, 11) is 0. The first-order chi connectivity index (χ1) is 7.54. The van der Waals surface area contributed by atoms with Crippen molar-refractivity contribution >= 4 is 27.5 Å². The Bertz CT molecular complexity index is 365. The molecule has 0 aliphatic rings. The largest absolute Gasteiger partial charge is 0.325 e. The van der Waals surface area contributed by atoms with Gasteiger partial charge in [0.05, 0.1) is 5.69 Å². The molecule has 0 fully saturated rings. The molecule has 0 aliphatic heterocycles. The van der Waals surface area contributed by atoms with Crippen LogP contribution in [-0.4, -0.2) is 5.91 Å². The summed E-state index contributed by atoms with van der Waals surface area (Å²) < 4.78 is 0.954. The highest BCUT2D eigenvalue weighted by molar-refractivity contribution is 9.10. The number of amides is 1. The van der Waals surface area contributed by atoms with E-state index in [0.717, 1.165) is 28.6 Å². The number of hydrogen-bond donors (Lipinski definition) is 1. The van der Waals surface area contributed by atoms with Crippen molar-refractivity contribution in [2.24, 2.45) is 0 Å². The molecule has 2 nitrogen and oxygen atoms in total. The van der Waals surface area contributed by atoms with Crippen LogP contribution < -0.4 is 5.32 Å². The van der Waals surface area contributed by atoms with Crippen LogP contribution in [0.4, 0.5) is 5.69 Å². The molecular weight excluding hydrogens is 266 g/mol. The Hall–Kier alpha value is -0.830. The molecule has 3 heteroatoms. The van der Waals surface area contributed by atoms with Crippen molar-refractivity contribution < 1.29 is 4.79 Å². The molecule has 0 heterocycles. The Morgan fingerprint density at radius 3 is 2.62 bits per heavy atom. The molecule has 88 valence electrons. The topological polar surface area (TPSA) is 29.1 Å². The molecule has 1 aromatic rings. The Kier molecular flexibility index (Phi) is 5.00. The lowest BCUT2D eigenvalue weighted by Crippen LogP contribution is -2.12. The SMILES string of the molecule is CCCCC(=O)Nc1c(C)cc(C)cc1Br. The van der Waals surface area contributed by atoms with Gasteiger partial charge in [0.2, 0.25) is 5.91 Å². The average Bonchev–Trinajstić information content (AvgIpc) is 2.20. The fourth-order valence-corrected chi connectivity index (χ4v) is 2.39. The van der Waals surface area contributed by atoms with E-state index in [9.17, 15) is 4.79 Å². The molecular formula is C13H18BrNO. The highest BCUT2D eigenvalue weighted by atomic mass is 79.9. The lowest BCUT2D eigenvalue weighted by Gasteiger charge is -2.11. The minimum Gasteiger partial charge on any atom is -0.325 e. The zero-order chi connectivity index (χ0) is 12.1. The number of anilines is 1. The molecule has 1 amide bonds. The summed E-state index contributed by atoms with van der Waals surface area (Å²) in [6.07, 6.45) is 2.58. The highest BCUT2D eigenvalue weighted by Gasteiger charge is 2.08. The van der Waals surface area contributed by atoms with Crippen molar-refractivity contribution in [3.8, 4) is 0 Å². The second kappa shape index (κ2) is 6.04. The van der Waals surface area contributed by atoms with Gasteiger partial charge in [-0.1, -0.05) is 19.4 Å². The van der Waals surface area contributed by atoms with E-state index in [4.69, 9.17) is 0 Å². The van der Waals surface area contributed by atoms with Gasteiger partial charge in [0.25, 0.3) is 0 Å². The van der Waals surface area contributed by atoms with Gasteiger partial charge < -0.3 is 5.32 Å². The molecule has 1 rings (SSSR count). The predicted octanol–water partition coefficient (Wildman–Crippen LogP) is 4.19. The number of hydrogen-bond acceptors (Lipinski definition) is 1. The lowest BCUT2D eigenvalue weighted by molar-refractivity contribution is -0.116. The Morgan fingerprint density at radius 2 is 2.06 bits per heavy atom. The monoisotopic (exact) mass is 283 g/mol. The van der Waals surface area contributed by atoms with Gasteiger partial charge in [-0.15, -0.1) is 0 Å². The molecule has 0 saturated heterocycles. The van der Waals surface area contributed by atoms with Gasteiger partial charge in [-0.05, 0) is 53.4 Å². The number of carbonyl (C=O) groups is 1. The zero-order valence-electron chi connectivity index (χ0n) is 10.1. The standard InChI is InChI=1S/C13H18BrNO/c1-4-5-6-12(16)15-13-10(3)7-9(2)8-11(13)14/h7-8H,4-6H2,1-3H3,(H,15,16). The number of rotatable bonds is 4. The summed E-state index contributed by atoms with van der Waals surface area (Å²) in [5.41, 5.74) is 3.18. The van der Waals surface area contributed by atoms with E-state index in [2.05, 4.69) is 34.2 Å². The van der Waals surface area contributed by atoms with Crippen LogP contribution in [0, 0.1) is 13.8 Å². The third-order valence-electron chi connectivity index (χ3n) is 2.45. The maximum absolute atomic E-state index is 11.6. The summed E-state index contributed by atoms with van der Waals surface area (Å²) in [5, 5.41) is 2.95. The van der Waals surface area contributed by atoms with Crippen LogP contribution >= 0.6 is 15.9 Å². The maximum Gasteiger partial charge on any atom is 0.224 e. The van der Waals surface area contributed by atoms with Gasteiger partial charge in [-0.3, -0.25) is 4.79 Å². The van der Waals surface area contributed by atoms with E-state index in [1.807, 2.05) is 19.9 Å². The number of aryl methyl sites for hydroxylation is 2. The number of nitrogens with one attached hydrogen (secondary N) is 1. The van der Waals surface area contributed by atoms with Gasteiger partial charge >= 0.3 is 0 Å². The number of benzene rings is 1. The molecule has 0 spiro atoms. The summed E-state index contributed by atoms with van der Waals surface area (Å²) in [6, 6.07) is 4.09. The lowest BCUT2D eigenvalue weighted by atomic mass is 10.1. The molecule has 16 heavy (non-hydrogen) atoms. The van der Waals surface area contributed by atoms with Crippen molar-refractivity contribution in [3.05, 3.63) is 27.7 Å². The van der Waals surface area contributed by atoms with Crippen LogP contribution in [0.5, 0.6) is 0 Å². The smallest absolute Gasteiger partial charge is 0.224 e. The van der Waals surface area contributed by atoms with Crippen molar-refractivity contribution in [3.63, 3.8) is 0 Å². The van der Waals surface area contributed by atoms with E-state index < -0.39 is 0 Å². The number of carbonyl (C=O) groups excluding carboxylic acids is 1. The number of halogens is 1. The van der Waals surface area contributed by atoms with Crippen molar-refractivity contribution in [2.75, 3.05) is 5.32 Å². The Morgan fingerprint density at radius 1 is 1.38 bits per heavy atom. The van der Waals surface area contributed by atoms with E-state index in [-0.39, 0.29) is 5.91 Å². The molecule has 0 aliphatic carbocycles. The van der Waals surface area contributed by atoms with Crippen LogP contribution in [0.25, 0.3) is 0 Å². The van der Waals surface area contributed by atoms with Crippen LogP contribution in [0.1, 0.15) is 37.3 Å². The van der Waals surface area contributed by atoms with Gasteiger partial charge in [0.1, 0.15) is 0 Å². The maximum atomic E-state index is 11.6. The van der Waals surface area contributed by atoms with E-state index in [1.54, 1.807) is 0 Å². The summed E-state index contributed by atoms with van der Waals surface area (Å²) in [4.78, 5) is 11.6. The molecule has 0 saturated carbocycles. The second-order valence-corrected chi connectivity index (χ2v) is 4.94. The Labute approximate surface area is 106 Å².